The van der Waals surface area contributed by atoms with Gasteiger partial charge in [-0.05, 0) is 82.0 Å². The van der Waals surface area contributed by atoms with Crippen molar-refractivity contribution in [1.82, 2.24) is 0 Å². The maximum Gasteiger partial charge on any atom is 0.416 e. The molecule has 0 fully saturated rings. The zero-order valence-corrected chi connectivity index (χ0v) is 18.3. The van der Waals surface area contributed by atoms with Crippen molar-refractivity contribution < 1.29 is 27.8 Å². The number of anilines is 1. The molecule has 172 valence electrons. The van der Waals surface area contributed by atoms with Crippen LogP contribution in [0, 0.1) is 5.92 Å². The van der Waals surface area contributed by atoms with Crippen molar-refractivity contribution >= 4 is 17.4 Å². The highest BCUT2D eigenvalue weighted by atomic mass is 19.4. The Kier molecular flexibility index (Phi) is 6.81. The molecule has 0 bridgehead atoms. The van der Waals surface area contributed by atoms with Gasteiger partial charge >= 0.3 is 12.1 Å². The molecule has 1 atom stereocenters. The van der Waals surface area contributed by atoms with Gasteiger partial charge in [0.2, 0.25) is 0 Å². The van der Waals surface area contributed by atoms with Gasteiger partial charge in [0.05, 0.1) is 11.3 Å². The Labute approximate surface area is 185 Å². The lowest BCUT2D eigenvalue weighted by Gasteiger charge is -2.30. The van der Waals surface area contributed by atoms with E-state index in [4.69, 9.17) is 9.84 Å². The lowest BCUT2D eigenvalue weighted by atomic mass is 9.91. The molecule has 0 aliphatic carbocycles. The van der Waals surface area contributed by atoms with E-state index in [1.54, 1.807) is 17.1 Å². The summed E-state index contributed by atoms with van der Waals surface area (Å²) in [6.45, 7) is 5.60. The quantitative estimate of drug-likeness (QED) is 0.583. The third kappa shape index (κ3) is 5.81. The normalized spacial score (nSPS) is 17.1. The van der Waals surface area contributed by atoms with Crippen LogP contribution in [0.5, 0.6) is 5.75 Å². The third-order valence-corrected chi connectivity index (χ3v) is 5.64. The van der Waals surface area contributed by atoms with Crippen LogP contribution in [0.15, 0.2) is 53.6 Å². The number of rotatable bonds is 7. The Bertz CT molecular complexity index is 967. The summed E-state index contributed by atoms with van der Waals surface area (Å²) in [5, 5.41) is 15.5. The SMILES string of the molecule is CC1=NN(c2ccc(C(F)(F)F)cc2)CCC1CCc1ccc(OC(C)(C)C(=O)O)cc1. The molecule has 2 aromatic rings. The minimum atomic E-state index is -4.35. The lowest BCUT2D eigenvalue weighted by molar-refractivity contribution is -0.152. The van der Waals surface area contributed by atoms with Crippen LogP contribution in [0.3, 0.4) is 0 Å². The van der Waals surface area contributed by atoms with Gasteiger partial charge in [-0.25, -0.2) is 4.79 Å². The van der Waals surface area contributed by atoms with Crippen molar-refractivity contribution in [2.24, 2.45) is 11.0 Å². The van der Waals surface area contributed by atoms with Gasteiger partial charge in [-0.15, -0.1) is 0 Å². The van der Waals surface area contributed by atoms with Gasteiger partial charge in [0.25, 0.3) is 0 Å². The topological polar surface area (TPSA) is 62.1 Å². The first-order chi connectivity index (χ1) is 15.0. The number of nitrogens with zero attached hydrogens (tertiary/aromatic N) is 2. The minimum absolute atomic E-state index is 0.294. The van der Waals surface area contributed by atoms with Crippen LogP contribution < -0.4 is 9.75 Å². The van der Waals surface area contributed by atoms with E-state index in [-0.39, 0.29) is 0 Å². The molecule has 0 radical (unpaired) electrons. The van der Waals surface area contributed by atoms with E-state index in [1.165, 1.54) is 26.0 Å². The summed E-state index contributed by atoms with van der Waals surface area (Å²) in [4.78, 5) is 11.2. The summed E-state index contributed by atoms with van der Waals surface area (Å²) in [5.74, 6) is -0.231. The fourth-order valence-corrected chi connectivity index (χ4v) is 3.57. The lowest BCUT2D eigenvalue weighted by Crippen LogP contribution is -2.37. The van der Waals surface area contributed by atoms with Gasteiger partial charge < -0.3 is 9.84 Å². The maximum atomic E-state index is 12.8. The largest absolute Gasteiger partial charge is 0.478 e. The third-order valence-electron chi connectivity index (χ3n) is 5.64. The molecule has 8 heteroatoms. The summed E-state index contributed by atoms with van der Waals surface area (Å²) < 4.78 is 43.8. The molecule has 0 aromatic heterocycles. The first-order valence-electron chi connectivity index (χ1n) is 10.5. The van der Waals surface area contributed by atoms with Crippen LogP contribution in [0.25, 0.3) is 0 Å². The molecule has 0 saturated heterocycles. The average molecular weight is 448 g/mol. The molecule has 2 aromatic carbocycles. The molecule has 3 rings (SSSR count). The van der Waals surface area contributed by atoms with E-state index in [9.17, 15) is 18.0 Å². The number of hydrazone groups is 1. The van der Waals surface area contributed by atoms with Crippen LogP contribution in [-0.2, 0) is 17.4 Å². The number of benzene rings is 2. The van der Waals surface area contributed by atoms with Gasteiger partial charge in [-0.1, -0.05) is 12.1 Å². The van der Waals surface area contributed by atoms with Gasteiger partial charge in [0.15, 0.2) is 5.60 Å². The first kappa shape index (κ1) is 23.6. The number of carboxylic acid groups (broad SMARTS) is 1. The van der Waals surface area contributed by atoms with Crippen LogP contribution in [0.2, 0.25) is 0 Å². The fraction of sp³-hybridized carbons (Fsp3) is 0.417. The first-order valence-corrected chi connectivity index (χ1v) is 10.5. The summed E-state index contributed by atoms with van der Waals surface area (Å²) in [7, 11) is 0. The number of alkyl halides is 3. The molecule has 0 saturated carbocycles. The summed E-state index contributed by atoms with van der Waals surface area (Å²) in [5.41, 5.74) is 0.758. The van der Waals surface area contributed by atoms with E-state index in [0.29, 0.717) is 23.9 Å². The van der Waals surface area contributed by atoms with Crippen LogP contribution >= 0.6 is 0 Å². The molecule has 1 aliphatic heterocycles. The predicted octanol–water partition coefficient (Wildman–Crippen LogP) is 5.78. The number of aryl methyl sites for hydroxylation is 1. The van der Waals surface area contributed by atoms with Crippen molar-refractivity contribution in [3.05, 3.63) is 59.7 Å². The van der Waals surface area contributed by atoms with Gasteiger partial charge in [-0.3, -0.25) is 5.01 Å². The predicted molar refractivity (Wildman–Crippen MR) is 117 cm³/mol. The zero-order chi connectivity index (χ0) is 23.5. The van der Waals surface area contributed by atoms with Crippen molar-refractivity contribution in [1.29, 1.82) is 0 Å². The van der Waals surface area contributed by atoms with E-state index >= 15 is 0 Å². The van der Waals surface area contributed by atoms with Crippen molar-refractivity contribution in [2.45, 2.75) is 51.8 Å². The standard InChI is InChI=1S/C24H27F3N2O3/c1-16-18(7-4-17-5-12-21(13-6-17)32-23(2,3)22(30)31)14-15-29(28-16)20-10-8-19(9-11-20)24(25,26)27/h5-6,8-13,18H,4,7,14-15H2,1-3H3,(H,30,31). The minimum Gasteiger partial charge on any atom is -0.478 e. The zero-order valence-electron chi connectivity index (χ0n) is 18.3. The highest BCUT2D eigenvalue weighted by molar-refractivity contribution is 5.86. The molecule has 1 N–H and O–H groups in total. The molecule has 32 heavy (non-hydrogen) atoms. The van der Waals surface area contributed by atoms with Crippen LogP contribution in [0.1, 0.15) is 44.7 Å². The van der Waals surface area contributed by atoms with Crippen molar-refractivity contribution in [3.8, 4) is 5.75 Å². The van der Waals surface area contributed by atoms with Crippen LogP contribution in [0.4, 0.5) is 18.9 Å². The van der Waals surface area contributed by atoms with Crippen LogP contribution in [-0.4, -0.2) is 28.9 Å². The van der Waals surface area contributed by atoms with E-state index in [0.717, 1.165) is 42.7 Å². The Morgan fingerprint density at radius 1 is 1.12 bits per heavy atom. The van der Waals surface area contributed by atoms with Crippen molar-refractivity contribution in [3.63, 3.8) is 0 Å². The number of hydrogen-bond acceptors (Lipinski definition) is 4. The number of hydrogen-bond donors (Lipinski definition) is 1. The number of carbonyl (C=O) groups is 1. The molecule has 0 amide bonds. The van der Waals surface area contributed by atoms with Gasteiger partial charge in [-0.2, -0.15) is 18.3 Å². The Morgan fingerprint density at radius 3 is 2.28 bits per heavy atom. The molecule has 1 heterocycles. The average Bonchev–Trinajstić information content (AvgIpc) is 2.73. The molecule has 5 nitrogen and oxygen atoms in total. The van der Waals surface area contributed by atoms with Crippen molar-refractivity contribution in [2.75, 3.05) is 11.6 Å². The molecular formula is C24H27F3N2O3. The highest BCUT2D eigenvalue weighted by Crippen LogP contribution is 2.32. The number of aliphatic carboxylic acids is 1. The van der Waals surface area contributed by atoms with E-state index in [2.05, 4.69) is 5.10 Å². The Balaban J connectivity index is 1.56. The molecule has 0 spiro atoms. The number of carboxylic acids is 1. The number of ether oxygens (including phenoxy) is 1. The molecule has 1 unspecified atom stereocenters. The fourth-order valence-electron chi connectivity index (χ4n) is 3.57. The van der Waals surface area contributed by atoms with E-state index < -0.39 is 23.3 Å². The monoisotopic (exact) mass is 448 g/mol. The number of halogens is 3. The Morgan fingerprint density at radius 2 is 1.75 bits per heavy atom. The summed E-state index contributed by atoms with van der Waals surface area (Å²) >= 11 is 0. The summed E-state index contributed by atoms with van der Waals surface area (Å²) in [6, 6.07) is 12.5. The second-order valence-electron chi connectivity index (χ2n) is 8.49. The highest BCUT2D eigenvalue weighted by Gasteiger charge is 2.31. The second-order valence-corrected chi connectivity index (χ2v) is 8.49. The maximum absolute atomic E-state index is 12.8. The smallest absolute Gasteiger partial charge is 0.416 e. The summed E-state index contributed by atoms with van der Waals surface area (Å²) in [6.07, 6.45) is -1.75. The Hall–Kier alpha value is -3.03. The molecule has 1 aliphatic rings. The van der Waals surface area contributed by atoms with Gasteiger partial charge in [0, 0.05) is 18.2 Å². The van der Waals surface area contributed by atoms with Gasteiger partial charge in [0.1, 0.15) is 5.75 Å². The molecular weight excluding hydrogens is 421 g/mol. The second kappa shape index (κ2) is 9.22. The van der Waals surface area contributed by atoms with E-state index in [1.807, 2.05) is 19.1 Å².